The molecule has 158 valence electrons. The molecule has 0 saturated carbocycles. The van der Waals surface area contributed by atoms with Gasteiger partial charge in [-0.3, -0.25) is 4.79 Å². The maximum absolute atomic E-state index is 11.3. The lowest BCUT2D eigenvalue weighted by molar-refractivity contribution is -0.119. The Kier molecular flexibility index (Phi) is 5.62. The Labute approximate surface area is 186 Å². The van der Waals surface area contributed by atoms with Crippen molar-refractivity contribution in [2.24, 2.45) is 11.7 Å². The van der Waals surface area contributed by atoms with E-state index in [2.05, 4.69) is 77.5 Å². The summed E-state index contributed by atoms with van der Waals surface area (Å²) in [6, 6.07) is 6.52. The van der Waals surface area contributed by atoms with E-state index in [-0.39, 0.29) is 5.91 Å². The molecule has 2 N–H and O–H groups in total. The summed E-state index contributed by atoms with van der Waals surface area (Å²) < 4.78 is 3.42. The van der Waals surface area contributed by atoms with E-state index in [9.17, 15) is 4.79 Å². The van der Waals surface area contributed by atoms with E-state index in [4.69, 9.17) is 10.7 Å². The Morgan fingerprint density at radius 3 is 2.33 bits per heavy atom. The van der Waals surface area contributed by atoms with Gasteiger partial charge in [-0.25, -0.2) is 4.98 Å². The van der Waals surface area contributed by atoms with Crippen molar-refractivity contribution in [2.45, 2.75) is 47.0 Å². The summed E-state index contributed by atoms with van der Waals surface area (Å²) in [6.45, 7) is 10.4. The van der Waals surface area contributed by atoms with E-state index in [1.165, 1.54) is 33.3 Å². The average molecular weight is 469 g/mol. The van der Waals surface area contributed by atoms with E-state index >= 15 is 0 Å². The van der Waals surface area contributed by atoms with Gasteiger partial charge in [0.1, 0.15) is 5.82 Å². The molecule has 1 aromatic carbocycles. The summed E-state index contributed by atoms with van der Waals surface area (Å²) in [7, 11) is 0. The van der Waals surface area contributed by atoms with Crippen LogP contribution >= 0.6 is 15.9 Å². The highest BCUT2D eigenvalue weighted by atomic mass is 79.9. The van der Waals surface area contributed by atoms with Crippen LogP contribution < -0.4 is 10.6 Å². The van der Waals surface area contributed by atoms with Crippen molar-refractivity contribution in [1.82, 2.24) is 9.55 Å². The van der Waals surface area contributed by atoms with Crippen LogP contribution in [0.5, 0.6) is 0 Å². The minimum atomic E-state index is -0.197. The smallest absolute Gasteiger partial charge is 0.217 e. The zero-order valence-corrected chi connectivity index (χ0v) is 19.7. The Balaban J connectivity index is 1.79. The number of benzene rings is 1. The van der Waals surface area contributed by atoms with Crippen LogP contribution in [-0.4, -0.2) is 28.5 Å². The summed E-state index contributed by atoms with van der Waals surface area (Å²) in [5.74, 6) is 1.25. The molecule has 4 rings (SSSR count). The van der Waals surface area contributed by atoms with Crippen LogP contribution in [0.4, 0.5) is 5.82 Å². The molecule has 0 aliphatic carbocycles. The van der Waals surface area contributed by atoms with E-state index in [0.29, 0.717) is 12.3 Å². The average Bonchev–Trinajstić information content (AvgIpc) is 2.96. The summed E-state index contributed by atoms with van der Waals surface area (Å²) >= 11 is 3.61. The fraction of sp³-hybridized carbons (Fsp3) is 0.417. The van der Waals surface area contributed by atoms with Gasteiger partial charge in [0.15, 0.2) is 0 Å². The highest BCUT2D eigenvalue weighted by Crippen LogP contribution is 2.36. The number of piperidine rings is 1. The van der Waals surface area contributed by atoms with Gasteiger partial charge in [0, 0.05) is 41.3 Å². The van der Waals surface area contributed by atoms with Crippen molar-refractivity contribution < 1.29 is 4.79 Å². The second kappa shape index (κ2) is 8.06. The predicted molar refractivity (Wildman–Crippen MR) is 126 cm³/mol. The second-order valence-electron chi connectivity index (χ2n) is 8.65. The molecule has 1 amide bonds. The third-order valence-corrected chi connectivity index (χ3v) is 6.64. The first-order chi connectivity index (χ1) is 14.2. The fourth-order valence-corrected chi connectivity index (χ4v) is 5.55. The first kappa shape index (κ1) is 20.9. The van der Waals surface area contributed by atoms with E-state index in [0.717, 1.165) is 41.9 Å². The van der Waals surface area contributed by atoms with Gasteiger partial charge in [-0.05, 0) is 81.3 Å². The lowest BCUT2D eigenvalue weighted by Crippen LogP contribution is -2.35. The van der Waals surface area contributed by atoms with Crippen molar-refractivity contribution in [3.8, 4) is 5.69 Å². The SMILES string of the molecule is Cc1cc2c(c(C)cn2-c2c(C)cc(Br)cc2C)c(N2CCC(CC(N)=O)CC2)n1. The van der Waals surface area contributed by atoms with Crippen molar-refractivity contribution in [2.75, 3.05) is 18.0 Å². The highest BCUT2D eigenvalue weighted by molar-refractivity contribution is 9.10. The number of carbonyl (C=O) groups excluding carboxylic acids is 1. The number of primary amides is 1. The molecular weight excluding hydrogens is 440 g/mol. The van der Waals surface area contributed by atoms with Gasteiger partial charge in [0.2, 0.25) is 5.91 Å². The van der Waals surface area contributed by atoms with Crippen molar-refractivity contribution in [3.63, 3.8) is 0 Å². The fourth-order valence-electron chi connectivity index (χ4n) is 4.87. The topological polar surface area (TPSA) is 64.2 Å². The molecule has 5 nitrogen and oxygen atoms in total. The van der Waals surface area contributed by atoms with Gasteiger partial charge in [-0.15, -0.1) is 0 Å². The van der Waals surface area contributed by atoms with Crippen molar-refractivity contribution in [1.29, 1.82) is 0 Å². The molecule has 0 bridgehead atoms. The Bertz CT molecular complexity index is 1100. The number of nitrogens with two attached hydrogens (primary N) is 1. The standard InChI is InChI=1S/C24H29BrN4O/c1-14-9-19(25)10-15(2)23(14)29-13-16(3)22-20(29)11-17(4)27-24(22)28-7-5-18(6-8-28)12-21(26)30/h9-11,13,18H,5-8,12H2,1-4H3,(H2,26,30). The Morgan fingerprint density at radius 2 is 1.73 bits per heavy atom. The molecule has 0 atom stereocenters. The number of amides is 1. The number of hydrogen-bond donors (Lipinski definition) is 1. The molecule has 1 saturated heterocycles. The number of halogens is 1. The molecule has 3 aromatic rings. The van der Waals surface area contributed by atoms with Crippen molar-refractivity contribution >= 4 is 38.6 Å². The normalized spacial score (nSPS) is 15.2. The van der Waals surface area contributed by atoms with Crippen LogP contribution in [0.1, 0.15) is 41.6 Å². The van der Waals surface area contributed by atoms with Gasteiger partial charge < -0.3 is 15.2 Å². The summed E-state index contributed by atoms with van der Waals surface area (Å²) in [5.41, 5.74) is 12.6. The summed E-state index contributed by atoms with van der Waals surface area (Å²) in [5, 5.41) is 1.22. The van der Waals surface area contributed by atoms with Gasteiger partial charge >= 0.3 is 0 Å². The predicted octanol–water partition coefficient (Wildman–Crippen LogP) is 5.11. The second-order valence-corrected chi connectivity index (χ2v) is 9.57. The number of hydrogen-bond acceptors (Lipinski definition) is 3. The first-order valence-corrected chi connectivity index (χ1v) is 11.3. The van der Waals surface area contributed by atoms with E-state index in [1.807, 2.05) is 0 Å². The van der Waals surface area contributed by atoms with Crippen molar-refractivity contribution in [3.05, 3.63) is 51.3 Å². The number of carbonyl (C=O) groups is 1. The Morgan fingerprint density at radius 1 is 1.10 bits per heavy atom. The maximum atomic E-state index is 11.3. The van der Waals surface area contributed by atoms with E-state index < -0.39 is 0 Å². The number of aromatic nitrogens is 2. The van der Waals surface area contributed by atoms with Gasteiger partial charge in [-0.2, -0.15) is 0 Å². The molecule has 1 fully saturated rings. The van der Waals surface area contributed by atoms with Crippen LogP contribution in [0, 0.1) is 33.6 Å². The minimum Gasteiger partial charge on any atom is -0.370 e. The molecule has 0 unspecified atom stereocenters. The number of rotatable bonds is 4. The van der Waals surface area contributed by atoms with Crippen LogP contribution in [-0.2, 0) is 4.79 Å². The zero-order chi connectivity index (χ0) is 21.6. The molecule has 1 aliphatic heterocycles. The molecule has 3 heterocycles. The van der Waals surface area contributed by atoms with Crippen LogP contribution in [0.25, 0.3) is 16.6 Å². The van der Waals surface area contributed by atoms with Gasteiger partial charge in [0.25, 0.3) is 0 Å². The molecule has 0 radical (unpaired) electrons. The molecule has 6 heteroatoms. The third kappa shape index (κ3) is 3.85. The number of anilines is 1. The van der Waals surface area contributed by atoms with Crippen LogP contribution in [0.15, 0.2) is 28.9 Å². The lowest BCUT2D eigenvalue weighted by atomic mass is 9.93. The lowest BCUT2D eigenvalue weighted by Gasteiger charge is -2.33. The number of fused-ring (bicyclic) bond motifs is 1. The molecule has 2 aromatic heterocycles. The Hall–Kier alpha value is -2.34. The molecular formula is C24H29BrN4O. The van der Waals surface area contributed by atoms with E-state index in [1.54, 1.807) is 0 Å². The molecule has 30 heavy (non-hydrogen) atoms. The van der Waals surface area contributed by atoms with Gasteiger partial charge in [0.05, 0.1) is 11.2 Å². The zero-order valence-electron chi connectivity index (χ0n) is 18.1. The van der Waals surface area contributed by atoms with Crippen LogP contribution in [0.2, 0.25) is 0 Å². The molecule has 0 spiro atoms. The minimum absolute atomic E-state index is 0.197. The highest BCUT2D eigenvalue weighted by Gasteiger charge is 2.25. The molecule has 1 aliphatic rings. The first-order valence-electron chi connectivity index (χ1n) is 10.5. The monoisotopic (exact) mass is 468 g/mol. The van der Waals surface area contributed by atoms with Crippen LogP contribution in [0.3, 0.4) is 0 Å². The third-order valence-electron chi connectivity index (χ3n) is 6.18. The summed E-state index contributed by atoms with van der Waals surface area (Å²) in [6.07, 6.45) is 4.68. The quantitative estimate of drug-likeness (QED) is 0.578. The summed E-state index contributed by atoms with van der Waals surface area (Å²) in [4.78, 5) is 18.6. The van der Waals surface area contributed by atoms with Gasteiger partial charge in [-0.1, -0.05) is 15.9 Å². The number of nitrogens with zero attached hydrogens (tertiary/aromatic N) is 3. The number of aryl methyl sites for hydroxylation is 4. The number of pyridine rings is 1. The largest absolute Gasteiger partial charge is 0.370 e. The maximum Gasteiger partial charge on any atom is 0.217 e.